The number of hydrogen-bond donors (Lipinski definition) is 3. The Kier molecular flexibility index (Phi) is 6.61. The first-order valence-electron chi connectivity index (χ1n) is 7.13. The van der Waals surface area contributed by atoms with Crippen LogP contribution in [0.25, 0.3) is 0 Å². The maximum atomic E-state index is 11.9. The van der Waals surface area contributed by atoms with Crippen LogP contribution in [0.3, 0.4) is 0 Å². The predicted octanol–water partition coefficient (Wildman–Crippen LogP) is 2.57. The standard InChI is InChI=1S/C14H23N3O3S/c1-5-8(3)11(13(18)19)17-14(20)16-9(4)12-15-7-10(6-2)21-12/h7-9,11H,5-6H2,1-4H3,(H,18,19)(H2,16,17,20). The maximum absolute atomic E-state index is 11.9. The molecule has 1 heterocycles. The molecule has 0 aliphatic carbocycles. The van der Waals surface area contributed by atoms with E-state index < -0.39 is 18.0 Å². The molecule has 0 spiro atoms. The second-order valence-corrected chi connectivity index (χ2v) is 6.21. The molecule has 0 bridgehead atoms. The first-order valence-corrected chi connectivity index (χ1v) is 7.95. The summed E-state index contributed by atoms with van der Waals surface area (Å²) in [5.74, 6) is -1.15. The Morgan fingerprint density at radius 3 is 2.48 bits per heavy atom. The average Bonchev–Trinajstić information content (AvgIpc) is 2.92. The number of hydrogen-bond acceptors (Lipinski definition) is 4. The molecule has 7 heteroatoms. The first kappa shape index (κ1) is 17.4. The van der Waals surface area contributed by atoms with Gasteiger partial charge in [0.25, 0.3) is 0 Å². The number of rotatable bonds is 7. The van der Waals surface area contributed by atoms with Crippen LogP contribution in [0.5, 0.6) is 0 Å². The van der Waals surface area contributed by atoms with Crippen molar-refractivity contribution in [2.24, 2.45) is 5.92 Å². The minimum atomic E-state index is -1.02. The minimum absolute atomic E-state index is 0.130. The number of aromatic nitrogens is 1. The van der Waals surface area contributed by atoms with Crippen LogP contribution in [0.15, 0.2) is 6.20 Å². The van der Waals surface area contributed by atoms with Gasteiger partial charge in [0, 0.05) is 11.1 Å². The highest BCUT2D eigenvalue weighted by Gasteiger charge is 2.26. The zero-order valence-corrected chi connectivity index (χ0v) is 13.7. The van der Waals surface area contributed by atoms with E-state index in [1.165, 1.54) is 0 Å². The Morgan fingerprint density at radius 2 is 2.00 bits per heavy atom. The first-order chi connectivity index (χ1) is 9.88. The van der Waals surface area contributed by atoms with E-state index in [9.17, 15) is 9.59 Å². The van der Waals surface area contributed by atoms with Crippen molar-refractivity contribution in [2.75, 3.05) is 0 Å². The third-order valence-corrected chi connectivity index (χ3v) is 4.73. The zero-order valence-electron chi connectivity index (χ0n) is 12.8. The van der Waals surface area contributed by atoms with Crippen molar-refractivity contribution < 1.29 is 14.7 Å². The van der Waals surface area contributed by atoms with E-state index in [1.54, 1.807) is 24.5 Å². The van der Waals surface area contributed by atoms with Gasteiger partial charge in [-0.05, 0) is 19.3 Å². The lowest BCUT2D eigenvalue weighted by molar-refractivity contribution is -0.140. The summed E-state index contributed by atoms with van der Waals surface area (Å²) in [5, 5.41) is 15.2. The van der Waals surface area contributed by atoms with Crippen molar-refractivity contribution in [1.29, 1.82) is 0 Å². The number of aryl methyl sites for hydroxylation is 1. The number of carboxylic acid groups (broad SMARTS) is 1. The van der Waals surface area contributed by atoms with Crippen molar-refractivity contribution in [2.45, 2.75) is 52.6 Å². The molecule has 0 saturated heterocycles. The molecular formula is C14H23N3O3S. The molecule has 3 unspecified atom stereocenters. The van der Waals surface area contributed by atoms with Gasteiger partial charge in [0.2, 0.25) is 0 Å². The van der Waals surface area contributed by atoms with Gasteiger partial charge in [0.05, 0.1) is 6.04 Å². The van der Waals surface area contributed by atoms with Crippen molar-refractivity contribution >= 4 is 23.3 Å². The van der Waals surface area contributed by atoms with Crippen LogP contribution in [-0.2, 0) is 11.2 Å². The highest BCUT2D eigenvalue weighted by Crippen LogP contribution is 2.20. The lowest BCUT2D eigenvalue weighted by Crippen LogP contribution is -2.49. The number of carbonyl (C=O) groups is 2. The molecule has 118 valence electrons. The van der Waals surface area contributed by atoms with Crippen LogP contribution in [0.2, 0.25) is 0 Å². The number of aliphatic carboxylic acids is 1. The van der Waals surface area contributed by atoms with Crippen LogP contribution in [0, 0.1) is 5.92 Å². The average molecular weight is 313 g/mol. The molecule has 0 aliphatic heterocycles. The number of nitrogens with zero attached hydrogens (tertiary/aromatic N) is 1. The molecule has 0 aromatic carbocycles. The van der Waals surface area contributed by atoms with Gasteiger partial charge in [0.15, 0.2) is 0 Å². The van der Waals surface area contributed by atoms with Crippen LogP contribution in [-0.4, -0.2) is 28.1 Å². The minimum Gasteiger partial charge on any atom is -0.480 e. The summed E-state index contributed by atoms with van der Waals surface area (Å²) in [6, 6.07) is -1.62. The fourth-order valence-electron chi connectivity index (χ4n) is 1.81. The highest BCUT2D eigenvalue weighted by molar-refractivity contribution is 7.11. The Bertz CT molecular complexity index is 490. The molecule has 0 radical (unpaired) electrons. The fraction of sp³-hybridized carbons (Fsp3) is 0.643. The van der Waals surface area contributed by atoms with Gasteiger partial charge in [0.1, 0.15) is 11.0 Å². The molecule has 0 saturated carbocycles. The number of carboxylic acids is 1. The van der Waals surface area contributed by atoms with Crippen molar-refractivity contribution in [3.63, 3.8) is 0 Å². The number of nitrogens with one attached hydrogen (secondary N) is 2. The largest absolute Gasteiger partial charge is 0.480 e. The topological polar surface area (TPSA) is 91.3 Å². The number of amides is 2. The molecule has 2 amide bonds. The zero-order chi connectivity index (χ0) is 16.0. The molecule has 1 aromatic rings. The molecule has 1 rings (SSSR count). The van der Waals surface area contributed by atoms with Gasteiger partial charge < -0.3 is 15.7 Å². The summed E-state index contributed by atoms with van der Waals surface area (Å²) in [6.07, 6.45) is 3.39. The summed E-state index contributed by atoms with van der Waals surface area (Å²) >= 11 is 1.55. The molecule has 21 heavy (non-hydrogen) atoms. The second-order valence-electron chi connectivity index (χ2n) is 5.06. The highest BCUT2D eigenvalue weighted by atomic mass is 32.1. The van der Waals surface area contributed by atoms with Crippen molar-refractivity contribution in [3.05, 3.63) is 16.1 Å². The molecule has 0 aliphatic rings. The Hall–Kier alpha value is -1.63. The number of carbonyl (C=O) groups excluding carboxylic acids is 1. The van der Waals surface area contributed by atoms with Crippen LogP contribution >= 0.6 is 11.3 Å². The predicted molar refractivity (Wildman–Crippen MR) is 82.5 cm³/mol. The second kappa shape index (κ2) is 7.97. The van der Waals surface area contributed by atoms with Gasteiger partial charge >= 0.3 is 12.0 Å². The maximum Gasteiger partial charge on any atom is 0.326 e. The van der Waals surface area contributed by atoms with E-state index in [1.807, 2.05) is 20.8 Å². The molecule has 1 aromatic heterocycles. The fourth-order valence-corrected chi connectivity index (χ4v) is 2.67. The Morgan fingerprint density at radius 1 is 1.33 bits per heavy atom. The van der Waals surface area contributed by atoms with Gasteiger partial charge in [-0.3, -0.25) is 0 Å². The lowest BCUT2D eigenvalue weighted by Gasteiger charge is -2.21. The summed E-state index contributed by atoms with van der Waals surface area (Å²) in [5.41, 5.74) is 0. The summed E-state index contributed by atoms with van der Waals surface area (Å²) < 4.78 is 0. The number of urea groups is 1. The van der Waals surface area contributed by atoms with Gasteiger partial charge in [-0.25, -0.2) is 14.6 Å². The smallest absolute Gasteiger partial charge is 0.326 e. The van der Waals surface area contributed by atoms with Crippen molar-refractivity contribution in [1.82, 2.24) is 15.6 Å². The Labute approximate surface area is 129 Å². The SMILES string of the molecule is CCc1cnc(C(C)NC(=O)NC(C(=O)O)C(C)CC)s1. The van der Waals surface area contributed by atoms with E-state index in [0.29, 0.717) is 6.42 Å². The summed E-state index contributed by atoms with van der Waals surface area (Å²) in [7, 11) is 0. The molecule has 3 N–H and O–H groups in total. The Balaban J connectivity index is 2.61. The van der Waals surface area contributed by atoms with Gasteiger partial charge in [-0.2, -0.15) is 0 Å². The van der Waals surface area contributed by atoms with Gasteiger partial charge in [-0.1, -0.05) is 27.2 Å². The molecule has 6 nitrogen and oxygen atoms in total. The van der Waals surface area contributed by atoms with E-state index in [-0.39, 0.29) is 12.0 Å². The van der Waals surface area contributed by atoms with Crippen LogP contribution in [0.4, 0.5) is 4.79 Å². The van der Waals surface area contributed by atoms with E-state index in [4.69, 9.17) is 5.11 Å². The third-order valence-electron chi connectivity index (χ3n) is 3.40. The molecular weight excluding hydrogens is 290 g/mol. The van der Waals surface area contributed by atoms with E-state index >= 15 is 0 Å². The van der Waals surface area contributed by atoms with Crippen LogP contribution in [0.1, 0.15) is 50.0 Å². The summed E-state index contributed by atoms with van der Waals surface area (Å²) in [4.78, 5) is 28.5. The third kappa shape index (κ3) is 5.00. The van der Waals surface area contributed by atoms with Crippen molar-refractivity contribution in [3.8, 4) is 0 Å². The molecule has 0 fully saturated rings. The quantitative estimate of drug-likeness (QED) is 0.721. The van der Waals surface area contributed by atoms with Gasteiger partial charge in [-0.15, -0.1) is 11.3 Å². The number of thiazole rings is 1. The van der Waals surface area contributed by atoms with E-state index in [2.05, 4.69) is 15.6 Å². The summed E-state index contributed by atoms with van der Waals surface area (Å²) in [6.45, 7) is 7.57. The van der Waals surface area contributed by atoms with Crippen LogP contribution < -0.4 is 10.6 Å². The normalized spacial score (nSPS) is 15.0. The monoisotopic (exact) mass is 313 g/mol. The lowest BCUT2D eigenvalue weighted by atomic mass is 9.99. The molecule has 3 atom stereocenters. The van der Waals surface area contributed by atoms with E-state index in [0.717, 1.165) is 16.3 Å².